The predicted octanol–water partition coefficient (Wildman–Crippen LogP) is 1.66. The van der Waals surface area contributed by atoms with Gasteiger partial charge in [0, 0.05) is 23.4 Å². The molecule has 33 heavy (non-hydrogen) atoms. The number of nitrogens with two attached hydrogens (primary N) is 1. The number of Topliss-reactive ketones (excluding diaryl/α,β-unsaturated/α-hetero) is 1. The van der Waals surface area contributed by atoms with Gasteiger partial charge in [-0.25, -0.2) is 9.78 Å². The number of aromatic nitrogens is 2. The number of carbonyl (C=O) groups is 1. The summed E-state index contributed by atoms with van der Waals surface area (Å²) in [7, 11) is 3.91. The van der Waals surface area contributed by atoms with E-state index in [0.717, 1.165) is 37.3 Å². The van der Waals surface area contributed by atoms with Gasteiger partial charge in [0.1, 0.15) is 5.82 Å². The predicted molar refractivity (Wildman–Crippen MR) is 123 cm³/mol. The Morgan fingerprint density at radius 3 is 2.91 bits per heavy atom. The Hall–Kier alpha value is -3.31. The van der Waals surface area contributed by atoms with Gasteiger partial charge in [-0.15, -0.1) is 5.92 Å². The van der Waals surface area contributed by atoms with Crippen LogP contribution in [0.2, 0.25) is 0 Å². The summed E-state index contributed by atoms with van der Waals surface area (Å²) < 4.78 is 11.8. The Labute approximate surface area is 192 Å². The molecule has 3 N–H and O–H groups in total. The molecule has 2 aliphatic heterocycles. The highest BCUT2D eigenvalue weighted by Crippen LogP contribution is 2.63. The van der Waals surface area contributed by atoms with Gasteiger partial charge in [0.2, 0.25) is 0 Å². The Kier molecular flexibility index (Phi) is 5.17. The summed E-state index contributed by atoms with van der Waals surface area (Å²) in [4.78, 5) is 31.5. The normalized spacial score (nSPS) is 28.5. The molecule has 1 saturated heterocycles. The molecule has 8 nitrogen and oxygen atoms in total. The van der Waals surface area contributed by atoms with Gasteiger partial charge in [0.05, 0.1) is 18.9 Å². The second-order valence-electron chi connectivity index (χ2n) is 9.17. The fourth-order valence-electron chi connectivity index (χ4n) is 6.31. The Balaban J connectivity index is 0.000000177. The average Bonchev–Trinajstić information content (AvgIpc) is 3.15. The number of nitrogens with one attached hydrogen (secondary N) is 1. The van der Waals surface area contributed by atoms with Gasteiger partial charge >= 0.3 is 5.69 Å². The molecule has 1 saturated carbocycles. The quantitative estimate of drug-likeness (QED) is 0.639. The zero-order valence-corrected chi connectivity index (χ0v) is 19.1. The molecule has 172 valence electrons. The van der Waals surface area contributed by atoms with Crippen LogP contribution in [0.3, 0.4) is 0 Å². The van der Waals surface area contributed by atoms with Crippen molar-refractivity contribution in [3.8, 4) is 23.3 Å². The minimum absolute atomic E-state index is 0.0933. The third-order valence-electron chi connectivity index (χ3n) is 7.69. The monoisotopic (exact) mass is 448 g/mol. The maximum absolute atomic E-state index is 12.6. The highest BCUT2D eigenvalue weighted by atomic mass is 16.5. The molecule has 8 heteroatoms. The maximum atomic E-state index is 12.6. The summed E-state index contributed by atoms with van der Waals surface area (Å²) in [5.74, 6) is 8.07. The molecule has 2 bridgehead atoms. The van der Waals surface area contributed by atoms with Gasteiger partial charge in [0.15, 0.2) is 23.4 Å². The fraction of sp³-hybridized carbons (Fsp3) is 0.480. The minimum Gasteiger partial charge on any atom is -0.493 e. The lowest BCUT2D eigenvalue weighted by Gasteiger charge is -2.57. The van der Waals surface area contributed by atoms with Crippen molar-refractivity contribution in [1.82, 2.24) is 14.9 Å². The largest absolute Gasteiger partial charge is 0.493 e. The summed E-state index contributed by atoms with van der Waals surface area (Å²) in [6.07, 6.45) is 4.82. The molecule has 1 aromatic carbocycles. The second kappa shape index (κ2) is 7.92. The van der Waals surface area contributed by atoms with Crippen molar-refractivity contribution in [2.45, 2.75) is 50.2 Å². The number of methoxy groups -OCH3 is 1. The van der Waals surface area contributed by atoms with Crippen molar-refractivity contribution in [2.24, 2.45) is 5.92 Å². The first kappa shape index (κ1) is 21.5. The number of likely N-dealkylation sites (N-methyl/N-ethyl adjacent to an activating group) is 1. The molecule has 2 aliphatic carbocycles. The summed E-state index contributed by atoms with van der Waals surface area (Å²) in [6.45, 7) is 2.73. The van der Waals surface area contributed by atoms with Crippen molar-refractivity contribution in [3.05, 3.63) is 45.5 Å². The number of ether oxygens (including phenoxy) is 2. The van der Waals surface area contributed by atoms with Crippen LogP contribution < -0.4 is 20.9 Å². The Morgan fingerprint density at radius 1 is 1.36 bits per heavy atom. The number of benzene rings is 1. The molecule has 1 aromatic heterocycles. The van der Waals surface area contributed by atoms with Gasteiger partial charge < -0.3 is 20.1 Å². The van der Waals surface area contributed by atoms with Crippen LogP contribution in [-0.4, -0.2) is 53.5 Å². The van der Waals surface area contributed by atoms with Crippen molar-refractivity contribution >= 4 is 11.6 Å². The van der Waals surface area contributed by atoms with Gasteiger partial charge in [-0.05, 0) is 57.3 Å². The molecular weight excluding hydrogens is 420 g/mol. The zero-order valence-electron chi connectivity index (χ0n) is 19.1. The van der Waals surface area contributed by atoms with Crippen LogP contribution in [0.4, 0.5) is 5.82 Å². The third-order valence-corrected chi connectivity index (χ3v) is 7.69. The number of anilines is 1. The van der Waals surface area contributed by atoms with Crippen molar-refractivity contribution in [2.75, 3.05) is 26.4 Å². The molecule has 1 spiro atoms. The van der Waals surface area contributed by atoms with Crippen LogP contribution in [0, 0.1) is 17.8 Å². The number of hydrogen-bond acceptors (Lipinski definition) is 7. The number of aromatic amines is 1. The molecule has 0 radical (unpaired) electrons. The SMILES string of the molecule is CC#Cc1cnc(=O)[nH]c1N.COc1ccc2c3c1O[C@H]1C(=O)CC[C@H]4[C@@H](C2)N(C)CC[C@]314. The lowest BCUT2D eigenvalue weighted by atomic mass is 9.52. The standard InChI is InChI=1S/C18H21NO3.C7H7N3O/c1-19-8-7-18-11-4-5-13(20)17(18)22-16-14(21-2)6-3-10(15(16)18)9-12(11)19;1-2-3-5-4-9-7(11)10-6(5)8/h3,6,11-12,17H,4-5,7-9H2,1-2H3;4H,1H3,(H3,8,9,10,11)/t11-,12+,17-,18-;/m0./s1. The van der Waals surface area contributed by atoms with Crippen LogP contribution in [0.1, 0.15) is 42.9 Å². The van der Waals surface area contributed by atoms with Gasteiger partial charge in [-0.3, -0.25) is 9.78 Å². The van der Waals surface area contributed by atoms with E-state index in [1.165, 1.54) is 17.3 Å². The fourth-order valence-corrected chi connectivity index (χ4v) is 6.31. The maximum Gasteiger partial charge on any atom is 0.346 e. The van der Waals surface area contributed by atoms with Crippen LogP contribution in [0.15, 0.2) is 23.1 Å². The Morgan fingerprint density at radius 2 is 2.18 bits per heavy atom. The first-order chi connectivity index (χ1) is 15.9. The molecule has 0 amide bonds. The topological polar surface area (TPSA) is 111 Å². The van der Waals surface area contributed by atoms with E-state index in [-0.39, 0.29) is 23.1 Å². The molecule has 0 unspecified atom stereocenters. The lowest BCUT2D eigenvalue weighted by molar-refractivity contribution is -0.138. The zero-order chi connectivity index (χ0) is 23.3. The first-order valence-corrected chi connectivity index (χ1v) is 11.3. The molecule has 4 aliphatic rings. The highest BCUT2D eigenvalue weighted by Gasteiger charge is 2.65. The molecular formula is C25H28N4O4. The number of H-pyrrole nitrogens is 1. The smallest absolute Gasteiger partial charge is 0.346 e. The minimum atomic E-state index is -0.454. The Bertz CT molecular complexity index is 1240. The second-order valence-corrected chi connectivity index (χ2v) is 9.17. The molecule has 3 heterocycles. The summed E-state index contributed by atoms with van der Waals surface area (Å²) >= 11 is 0. The highest BCUT2D eigenvalue weighted by molar-refractivity contribution is 5.89. The molecule has 6 rings (SSSR count). The van der Waals surface area contributed by atoms with Crippen LogP contribution in [0.5, 0.6) is 11.5 Å². The number of likely N-dealkylation sites (tertiary alicyclic amines) is 1. The molecule has 2 fully saturated rings. The third kappa shape index (κ3) is 3.14. The van der Waals surface area contributed by atoms with E-state index in [0.29, 0.717) is 23.9 Å². The van der Waals surface area contributed by atoms with Crippen LogP contribution in [0.25, 0.3) is 0 Å². The number of nitrogen functional groups attached to an aromatic ring is 1. The number of rotatable bonds is 1. The summed E-state index contributed by atoms with van der Waals surface area (Å²) in [5.41, 5.74) is 8.08. The van der Waals surface area contributed by atoms with E-state index in [1.54, 1.807) is 14.0 Å². The van der Waals surface area contributed by atoms with Gasteiger partial charge in [-0.1, -0.05) is 12.0 Å². The number of carbonyl (C=O) groups excluding carboxylic acids is 1. The molecule has 2 aromatic rings. The summed E-state index contributed by atoms with van der Waals surface area (Å²) in [5, 5.41) is 0. The number of piperidine rings is 1. The molecule has 4 atom stereocenters. The van der Waals surface area contributed by atoms with Crippen molar-refractivity contribution in [3.63, 3.8) is 0 Å². The van der Waals surface area contributed by atoms with E-state index >= 15 is 0 Å². The van der Waals surface area contributed by atoms with E-state index in [4.69, 9.17) is 15.2 Å². The van der Waals surface area contributed by atoms with E-state index in [2.05, 4.69) is 39.8 Å². The lowest BCUT2D eigenvalue weighted by Crippen LogP contribution is -2.65. The van der Waals surface area contributed by atoms with Gasteiger partial charge in [-0.2, -0.15) is 0 Å². The first-order valence-electron chi connectivity index (χ1n) is 11.3. The van der Waals surface area contributed by atoms with Crippen LogP contribution in [-0.2, 0) is 16.6 Å². The van der Waals surface area contributed by atoms with E-state index < -0.39 is 5.69 Å². The average molecular weight is 449 g/mol. The summed E-state index contributed by atoms with van der Waals surface area (Å²) in [6, 6.07) is 4.73. The number of nitrogens with zero attached hydrogens (tertiary/aromatic N) is 2. The number of ketones is 1. The van der Waals surface area contributed by atoms with E-state index in [1.807, 2.05) is 6.07 Å². The van der Waals surface area contributed by atoms with Crippen LogP contribution >= 0.6 is 0 Å². The number of hydrogen-bond donors (Lipinski definition) is 2. The van der Waals surface area contributed by atoms with Gasteiger partial charge in [0.25, 0.3) is 0 Å². The van der Waals surface area contributed by atoms with Crippen molar-refractivity contribution < 1.29 is 14.3 Å². The van der Waals surface area contributed by atoms with E-state index in [9.17, 15) is 9.59 Å². The van der Waals surface area contributed by atoms with Crippen molar-refractivity contribution in [1.29, 1.82) is 0 Å².